The lowest BCUT2D eigenvalue weighted by Crippen LogP contribution is -2.20. The van der Waals surface area contributed by atoms with Gasteiger partial charge in [0.05, 0.1) is 6.54 Å². The van der Waals surface area contributed by atoms with Gasteiger partial charge in [0, 0.05) is 6.20 Å². The summed E-state index contributed by atoms with van der Waals surface area (Å²) in [4.78, 5) is 11.9. The van der Waals surface area contributed by atoms with Gasteiger partial charge in [-0.05, 0) is 17.7 Å². The van der Waals surface area contributed by atoms with Crippen molar-refractivity contribution in [2.45, 2.75) is 13.2 Å². The first-order valence-electron chi connectivity index (χ1n) is 5.61. The van der Waals surface area contributed by atoms with E-state index in [0.29, 0.717) is 12.4 Å². The summed E-state index contributed by atoms with van der Waals surface area (Å²) in [6.07, 6.45) is 6.84. The number of pyridine rings is 1. The molecule has 2 rings (SSSR count). The molecule has 0 saturated carbocycles. The van der Waals surface area contributed by atoms with Gasteiger partial charge in [0.15, 0.2) is 5.75 Å². The second-order valence-electron chi connectivity index (χ2n) is 3.78. The van der Waals surface area contributed by atoms with Crippen molar-refractivity contribution in [2.75, 3.05) is 0 Å². The van der Waals surface area contributed by atoms with Crippen LogP contribution in [-0.4, -0.2) is 4.57 Å². The zero-order chi connectivity index (χ0) is 12.8. The van der Waals surface area contributed by atoms with Crippen molar-refractivity contribution < 1.29 is 4.74 Å². The van der Waals surface area contributed by atoms with Gasteiger partial charge in [0.1, 0.15) is 6.61 Å². The molecule has 0 bridgehead atoms. The Kier molecular flexibility index (Phi) is 3.83. The Balaban J connectivity index is 2.13. The molecule has 0 amide bonds. The summed E-state index contributed by atoms with van der Waals surface area (Å²) in [5.41, 5.74) is 0.815. The lowest BCUT2D eigenvalue weighted by atomic mass is 10.2. The highest BCUT2D eigenvalue weighted by Gasteiger charge is 2.03. The Hall–Kier alpha value is -2.47. The fraction of sp³-hybridized carbons (Fsp3) is 0.133. The van der Waals surface area contributed by atoms with Gasteiger partial charge in [-0.1, -0.05) is 36.3 Å². The number of hydrogen-bond acceptors (Lipinski definition) is 2. The van der Waals surface area contributed by atoms with Gasteiger partial charge in [-0.3, -0.25) is 4.79 Å². The van der Waals surface area contributed by atoms with E-state index in [4.69, 9.17) is 11.2 Å². The molecule has 1 aromatic heterocycles. The van der Waals surface area contributed by atoms with Crippen LogP contribution in [0.2, 0.25) is 0 Å². The zero-order valence-corrected chi connectivity index (χ0v) is 9.87. The SMILES string of the molecule is C#CCn1cccc(OCc2ccccc2)c1=O. The van der Waals surface area contributed by atoms with Crippen molar-refractivity contribution >= 4 is 0 Å². The Bertz CT molecular complexity index is 608. The number of terminal acetylenes is 1. The summed E-state index contributed by atoms with van der Waals surface area (Å²) in [7, 11) is 0. The molecule has 0 spiro atoms. The summed E-state index contributed by atoms with van der Waals surface area (Å²) < 4.78 is 6.95. The number of rotatable bonds is 4. The summed E-state index contributed by atoms with van der Waals surface area (Å²) >= 11 is 0. The molecule has 3 heteroatoms. The van der Waals surface area contributed by atoms with Crippen LogP contribution in [0.1, 0.15) is 5.56 Å². The molecular weight excluding hydrogens is 226 g/mol. The van der Waals surface area contributed by atoms with E-state index in [1.165, 1.54) is 4.57 Å². The van der Waals surface area contributed by atoms with Crippen LogP contribution >= 0.6 is 0 Å². The molecule has 0 aliphatic heterocycles. The fourth-order valence-electron chi connectivity index (χ4n) is 1.58. The second kappa shape index (κ2) is 5.74. The van der Waals surface area contributed by atoms with Crippen LogP contribution < -0.4 is 10.3 Å². The van der Waals surface area contributed by atoms with E-state index >= 15 is 0 Å². The largest absolute Gasteiger partial charge is 0.483 e. The minimum atomic E-state index is -0.202. The molecule has 2 aromatic rings. The average molecular weight is 239 g/mol. The standard InChI is InChI=1S/C15H13NO2/c1-2-10-16-11-6-9-14(15(16)17)18-12-13-7-4-3-5-8-13/h1,3-9,11H,10,12H2. The first kappa shape index (κ1) is 12.0. The van der Waals surface area contributed by atoms with Crippen LogP contribution in [0.15, 0.2) is 53.5 Å². The molecule has 0 fully saturated rings. The summed E-state index contributed by atoms with van der Waals surface area (Å²) in [6, 6.07) is 13.1. The maximum absolute atomic E-state index is 11.9. The van der Waals surface area contributed by atoms with E-state index in [-0.39, 0.29) is 12.1 Å². The third-order valence-electron chi connectivity index (χ3n) is 2.48. The Morgan fingerprint density at radius 2 is 1.94 bits per heavy atom. The van der Waals surface area contributed by atoms with Crippen LogP contribution in [0.3, 0.4) is 0 Å². The highest BCUT2D eigenvalue weighted by Crippen LogP contribution is 2.06. The zero-order valence-electron chi connectivity index (χ0n) is 9.87. The van der Waals surface area contributed by atoms with Crippen molar-refractivity contribution in [3.8, 4) is 18.1 Å². The van der Waals surface area contributed by atoms with Gasteiger partial charge in [0.2, 0.25) is 0 Å². The predicted molar refractivity (Wildman–Crippen MR) is 70.3 cm³/mol. The fourth-order valence-corrected chi connectivity index (χ4v) is 1.58. The number of aromatic nitrogens is 1. The van der Waals surface area contributed by atoms with E-state index in [9.17, 15) is 4.79 Å². The van der Waals surface area contributed by atoms with Crippen LogP contribution in [-0.2, 0) is 13.2 Å². The molecule has 0 radical (unpaired) electrons. The van der Waals surface area contributed by atoms with Crippen molar-refractivity contribution in [3.63, 3.8) is 0 Å². The summed E-state index contributed by atoms with van der Waals surface area (Å²) in [6.45, 7) is 0.623. The molecule has 0 aliphatic carbocycles. The average Bonchev–Trinajstić information content (AvgIpc) is 2.41. The summed E-state index contributed by atoms with van der Waals surface area (Å²) in [5, 5.41) is 0. The van der Waals surface area contributed by atoms with E-state index < -0.39 is 0 Å². The minimum absolute atomic E-state index is 0.202. The van der Waals surface area contributed by atoms with E-state index in [2.05, 4.69) is 5.92 Å². The lowest BCUT2D eigenvalue weighted by molar-refractivity contribution is 0.299. The van der Waals surface area contributed by atoms with Gasteiger partial charge in [-0.25, -0.2) is 0 Å². The monoisotopic (exact) mass is 239 g/mol. The maximum atomic E-state index is 11.9. The first-order valence-corrected chi connectivity index (χ1v) is 5.61. The molecule has 0 aliphatic rings. The van der Waals surface area contributed by atoms with Crippen molar-refractivity contribution in [3.05, 3.63) is 64.6 Å². The molecule has 0 atom stereocenters. The van der Waals surface area contributed by atoms with Gasteiger partial charge in [-0.15, -0.1) is 6.42 Å². The van der Waals surface area contributed by atoms with Crippen molar-refractivity contribution in [1.29, 1.82) is 0 Å². The molecule has 1 aromatic carbocycles. The molecule has 90 valence electrons. The third-order valence-corrected chi connectivity index (χ3v) is 2.48. The smallest absolute Gasteiger partial charge is 0.293 e. The van der Waals surface area contributed by atoms with E-state index in [1.807, 2.05) is 30.3 Å². The summed E-state index contributed by atoms with van der Waals surface area (Å²) in [5.74, 6) is 2.75. The Morgan fingerprint density at radius 3 is 2.67 bits per heavy atom. The van der Waals surface area contributed by atoms with Gasteiger partial charge in [-0.2, -0.15) is 0 Å². The van der Waals surface area contributed by atoms with Gasteiger partial charge >= 0.3 is 0 Å². The number of ether oxygens (including phenoxy) is 1. The van der Waals surface area contributed by atoms with E-state index in [1.54, 1.807) is 18.3 Å². The number of nitrogens with zero attached hydrogens (tertiary/aromatic N) is 1. The first-order chi connectivity index (χ1) is 8.81. The van der Waals surface area contributed by atoms with Gasteiger partial charge in [0.25, 0.3) is 5.56 Å². The lowest BCUT2D eigenvalue weighted by Gasteiger charge is -2.07. The highest BCUT2D eigenvalue weighted by molar-refractivity contribution is 5.20. The van der Waals surface area contributed by atoms with Crippen molar-refractivity contribution in [2.24, 2.45) is 0 Å². The molecule has 0 N–H and O–H groups in total. The van der Waals surface area contributed by atoms with Crippen molar-refractivity contribution in [1.82, 2.24) is 4.57 Å². The normalized spacial score (nSPS) is 9.72. The quantitative estimate of drug-likeness (QED) is 0.765. The maximum Gasteiger partial charge on any atom is 0.293 e. The highest BCUT2D eigenvalue weighted by atomic mass is 16.5. The van der Waals surface area contributed by atoms with E-state index in [0.717, 1.165) is 5.56 Å². The molecular formula is C15H13NO2. The number of hydrogen-bond donors (Lipinski definition) is 0. The predicted octanol–water partition coefficient (Wildman–Crippen LogP) is 2.06. The molecule has 1 heterocycles. The number of benzene rings is 1. The van der Waals surface area contributed by atoms with Crippen LogP contribution in [0.25, 0.3) is 0 Å². The molecule has 0 saturated heterocycles. The third kappa shape index (κ3) is 2.80. The van der Waals surface area contributed by atoms with Gasteiger partial charge < -0.3 is 9.30 Å². The molecule has 0 unspecified atom stereocenters. The Labute approximate surface area is 106 Å². The minimum Gasteiger partial charge on any atom is -0.483 e. The topological polar surface area (TPSA) is 31.2 Å². The second-order valence-corrected chi connectivity index (χ2v) is 3.78. The Morgan fingerprint density at radius 1 is 1.17 bits per heavy atom. The molecule has 3 nitrogen and oxygen atoms in total. The van der Waals surface area contributed by atoms with Crippen LogP contribution in [0.4, 0.5) is 0 Å². The molecule has 18 heavy (non-hydrogen) atoms. The van der Waals surface area contributed by atoms with Crippen LogP contribution in [0, 0.1) is 12.3 Å². The van der Waals surface area contributed by atoms with Crippen LogP contribution in [0.5, 0.6) is 5.75 Å².